The minimum absolute atomic E-state index is 0.282. The maximum Gasteiger partial charge on any atom is 0.244 e. The zero-order chi connectivity index (χ0) is 20.0. The van der Waals surface area contributed by atoms with Crippen LogP contribution in [0.2, 0.25) is 5.02 Å². The number of amides is 2. The van der Waals surface area contributed by atoms with Crippen molar-refractivity contribution in [2.24, 2.45) is 0 Å². The van der Waals surface area contributed by atoms with Crippen molar-refractivity contribution in [2.75, 3.05) is 31.0 Å². The Labute approximate surface area is 162 Å². The fourth-order valence-electron chi connectivity index (χ4n) is 2.44. The van der Waals surface area contributed by atoms with Gasteiger partial charge in [-0.05, 0) is 12.1 Å². The van der Waals surface area contributed by atoms with Gasteiger partial charge in [-0.25, -0.2) is 0 Å². The molecule has 7 nitrogen and oxygen atoms in total. The average Bonchev–Trinajstić information content (AvgIpc) is 2.66. The zero-order valence-electron chi connectivity index (χ0n) is 15.1. The molecule has 0 fully saturated rings. The molecule has 27 heavy (non-hydrogen) atoms. The van der Waals surface area contributed by atoms with Crippen LogP contribution in [0.4, 0.5) is 11.4 Å². The molecule has 0 aliphatic rings. The van der Waals surface area contributed by atoms with Crippen LogP contribution < -0.4 is 19.7 Å². The number of rotatable bonds is 6. The molecule has 0 spiro atoms. The van der Waals surface area contributed by atoms with Gasteiger partial charge in [-0.2, -0.15) is 5.26 Å². The summed E-state index contributed by atoms with van der Waals surface area (Å²) < 4.78 is 10.5. The molecule has 0 aliphatic heterocycles. The molecule has 2 rings (SSSR count). The van der Waals surface area contributed by atoms with Gasteiger partial charge in [0.1, 0.15) is 24.1 Å². The summed E-state index contributed by atoms with van der Waals surface area (Å²) in [5, 5.41) is 12.1. The van der Waals surface area contributed by atoms with Crippen molar-refractivity contribution >= 4 is 34.8 Å². The third-order valence-corrected chi connectivity index (χ3v) is 4.04. The van der Waals surface area contributed by atoms with Gasteiger partial charge in [-0.15, -0.1) is 0 Å². The van der Waals surface area contributed by atoms with E-state index in [0.717, 1.165) is 0 Å². The van der Waals surface area contributed by atoms with Crippen molar-refractivity contribution in [3.63, 3.8) is 0 Å². The lowest BCUT2D eigenvalue weighted by molar-refractivity contribution is -0.120. The van der Waals surface area contributed by atoms with Gasteiger partial charge in [0.25, 0.3) is 0 Å². The second kappa shape index (κ2) is 8.92. The molecule has 0 aliphatic carbocycles. The van der Waals surface area contributed by atoms with Crippen LogP contribution in [0.15, 0.2) is 36.4 Å². The van der Waals surface area contributed by atoms with E-state index in [1.807, 2.05) is 6.07 Å². The molecule has 2 aromatic rings. The van der Waals surface area contributed by atoms with E-state index in [4.69, 9.17) is 26.3 Å². The Hall–Kier alpha value is -3.24. The zero-order valence-corrected chi connectivity index (χ0v) is 15.8. The van der Waals surface area contributed by atoms with Gasteiger partial charge in [0.15, 0.2) is 0 Å². The predicted molar refractivity (Wildman–Crippen MR) is 102 cm³/mol. The van der Waals surface area contributed by atoms with Gasteiger partial charge in [0.2, 0.25) is 11.8 Å². The minimum Gasteiger partial charge on any atom is -0.495 e. The number of nitriles is 1. The van der Waals surface area contributed by atoms with E-state index in [1.54, 1.807) is 24.3 Å². The molecule has 0 unspecified atom stereocenters. The molecule has 140 valence electrons. The lowest BCUT2D eigenvalue weighted by Gasteiger charge is -2.24. The van der Waals surface area contributed by atoms with Crippen molar-refractivity contribution in [1.82, 2.24) is 0 Å². The summed E-state index contributed by atoms with van der Waals surface area (Å²) in [5.41, 5.74) is 1.04. The number of anilines is 2. The third-order valence-electron chi connectivity index (χ3n) is 3.75. The Morgan fingerprint density at radius 3 is 2.44 bits per heavy atom. The molecule has 2 amide bonds. The smallest absolute Gasteiger partial charge is 0.244 e. The first kappa shape index (κ1) is 20.1. The SMILES string of the molecule is COc1cc(N(CC(=O)Nc2ccccc2C#N)C(C)=O)c(OC)cc1Cl. The molecular formula is C19H18ClN3O4. The summed E-state index contributed by atoms with van der Waals surface area (Å²) in [5.74, 6) is -0.180. The summed E-state index contributed by atoms with van der Waals surface area (Å²) in [7, 11) is 2.88. The number of halogens is 1. The second-order valence-corrected chi connectivity index (χ2v) is 5.88. The summed E-state index contributed by atoms with van der Waals surface area (Å²) in [6, 6.07) is 11.6. The number of carbonyl (C=O) groups is 2. The summed E-state index contributed by atoms with van der Waals surface area (Å²) in [6.45, 7) is 1.05. The average molecular weight is 388 g/mol. The maximum absolute atomic E-state index is 12.5. The molecule has 0 atom stereocenters. The molecular weight excluding hydrogens is 370 g/mol. The van der Waals surface area contributed by atoms with Gasteiger partial charge in [0, 0.05) is 19.1 Å². The van der Waals surface area contributed by atoms with E-state index < -0.39 is 5.91 Å². The summed E-state index contributed by atoms with van der Waals surface area (Å²) >= 11 is 6.09. The molecule has 0 aromatic heterocycles. The third kappa shape index (κ3) is 4.68. The van der Waals surface area contributed by atoms with Crippen molar-refractivity contribution < 1.29 is 19.1 Å². The van der Waals surface area contributed by atoms with Crippen molar-refractivity contribution in [2.45, 2.75) is 6.92 Å². The lowest BCUT2D eigenvalue weighted by atomic mass is 10.2. The number of hydrogen-bond donors (Lipinski definition) is 1. The largest absolute Gasteiger partial charge is 0.495 e. The van der Waals surface area contributed by atoms with Gasteiger partial charge in [0.05, 0.1) is 36.2 Å². The molecule has 1 N–H and O–H groups in total. The number of hydrogen-bond acceptors (Lipinski definition) is 5. The number of para-hydroxylation sites is 1. The first-order valence-electron chi connectivity index (χ1n) is 7.89. The summed E-state index contributed by atoms with van der Waals surface area (Å²) in [6.07, 6.45) is 0. The Morgan fingerprint density at radius 1 is 1.19 bits per heavy atom. The predicted octanol–water partition coefficient (Wildman–Crippen LogP) is 3.22. The van der Waals surface area contributed by atoms with E-state index in [1.165, 1.54) is 38.2 Å². The number of benzene rings is 2. The molecule has 0 saturated carbocycles. The maximum atomic E-state index is 12.5. The van der Waals surface area contributed by atoms with Crippen LogP contribution >= 0.6 is 11.6 Å². The monoisotopic (exact) mass is 387 g/mol. The number of nitrogens with one attached hydrogen (secondary N) is 1. The van der Waals surface area contributed by atoms with Crippen LogP contribution in [0.3, 0.4) is 0 Å². The Morgan fingerprint density at radius 2 is 1.85 bits per heavy atom. The van der Waals surface area contributed by atoms with Crippen molar-refractivity contribution in [3.8, 4) is 17.6 Å². The van der Waals surface area contributed by atoms with Gasteiger partial charge in [-0.1, -0.05) is 23.7 Å². The highest BCUT2D eigenvalue weighted by molar-refractivity contribution is 6.32. The minimum atomic E-state index is -0.469. The molecule has 0 radical (unpaired) electrons. The van der Waals surface area contributed by atoms with E-state index in [2.05, 4.69) is 5.32 Å². The van der Waals surface area contributed by atoms with Crippen LogP contribution in [-0.4, -0.2) is 32.6 Å². The highest BCUT2D eigenvalue weighted by Gasteiger charge is 2.22. The second-order valence-electron chi connectivity index (χ2n) is 5.47. The van der Waals surface area contributed by atoms with Gasteiger partial charge < -0.3 is 14.8 Å². The topological polar surface area (TPSA) is 91.7 Å². The highest BCUT2D eigenvalue weighted by atomic mass is 35.5. The first-order chi connectivity index (χ1) is 12.9. The fraction of sp³-hybridized carbons (Fsp3) is 0.211. The molecule has 0 bridgehead atoms. The van der Waals surface area contributed by atoms with Crippen LogP contribution in [0.25, 0.3) is 0 Å². The summed E-state index contributed by atoms with van der Waals surface area (Å²) in [4.78, 5) is 25.9. The van der Waals surface area contributed by atoms with Crippen LogP contribution in [0.5, 0.6) is 11.5 Å². The first-order valence-corrected chi connectivity index (χ1v) is 8.27. The van der Waals surface area contributed by atoms with Crippen molar-refractivity contribution in [1.29, 1.82) is 5.26 Å². The van der Waals surface area contributed by atoms with Crippen LogP contribution in [-0.2, 0) is 9.59 Å². The molecule has 0 heterocycles. The standard InChI is InChI=1S/C19H18ClN3O4/c1-12(24)23(16-9-17(26-2)14(20)8-18(16)27-3)11-19(25)22-15-7-5-4-6-13(15)10-21/h4-9H,11H2,1-3H3,(H,22,25). The van der Waals surface area contributed by atoms with Crippen LogP contribution in [0.1, 0.15) is 12.5 Å². The van der Waals surface area contributed by atoms with Gasteiger partial charge >= 0.3 is 0 Å². The number of methoxy groups -OCH3 is 2. The van der Waals surface area contributed by atoms with Crippen LogP contribution in [0, 0.1) is 11.3 Å². The fourth-order valence-corrected chi connectivity index (χ4v) is 2.68. The Balaban J connectivity index is 2.32. The normalized spacial score (nSPS) is 9.89. The number of ether oxygens (including phenoxy) is 2. The number of nitrogens with zero attached hydrogens (tertiary/aromatic N) is 2. The quantitative estimate of drug-likeness (QED) is 0.821. The molecule has 2 aromatic carbocycles. The molecule has 8 heteroatoms. The van der Waals surface area contributed by atoms with E-state index in [-0.39, 0.29) is 12.5 Å². The van der Waals surface area contributed by atoms with Crippen molar-refractivity contribution in [3.05, 3.63) is 47.0 Å². The van der Waals surface area contributed by atoms with E-state index in [9.17, 15) is 9.59 Å². The van der Waals surface area contributed by atoms with E-state index >= 15 is 0 Å². The Bertz CT molecular complexity index is 908. The highest BCUT2D eigenvalue weighted by Crippen LogP contribution is 2.38. The van der Waals surface area contributed by atoms with E-state index in [0.29, 0.717) is 33.5 Å². The van der Waals surface area contributed by atoms with Gasteiger partial charge in [-0.3, -0.25) is 14.5 Å². The Kier molecular flexibility index (Phi) is 6.63. The molecule has 0 saturated heterocycles. The number of carbonyl (C=O) groups excluding carboxylic acids is 2. The lowest BCUT2D eigenvalue weighted by Crippen LogP contribution is -2.37.